The van der Waals surface area contributed by atoms with Crippen LogP contribution in [0.1, 0.15) is 25.3 Å². The molecule has 21 heavy (non-hydrogen) atoms. The number of amidine groups is 1. The van der Waals surface area contributed by atoms with E-state index >= 15 is 0 Å². The van der Waals surface area contributed by atoms with E-state index < -0.39 is 0 Å². The predicted octanol–water partition coefficient (Wildman–Crippen LogP) is 2.77. The molecule has 0 saturated carbocycles. The van der Waals surface area contributed by atoms with Crippen LogP contribution in [0.2, 0.25) is 0 Å². The molecular weight excluding hydrogens is 278 g/mol. The fraction of sp³-hybridized carbons (Fsp3) is 0.588. The van der Waals surface area contributed by atoms with E-state index in [2.05, 4.69) is 54.5 Å². The molecule has 1 aromatic rings. The van der Waals surface area contributed by atoms with Crippen LogP contribution in [0.25, 0.3) is 0 Å². The number of rotatable bonds is 3. The Morgan fingerprint density at radius 2 is 2.14 bits per heavy atom. The molecule has 3 rings (SSSR count). The molecule has 0 spiro atoms. The maximum atomic E-state index is 4.88. The number of piperidine rings is 1. The highest BCUT2D eigenvalue weighted by Crippen LogP contribution is 2.22. The highest BCUT2D eigenvalue weighted by molar-refractivity contribution is 8.14. The summed E-state index contributed by atoms with van der Waals surface area (Å²) in [6.45, 7) is 3.50. The molecule has 2 aliphatic rings. The molecule has 2 heterocycles. The maximum absolute atomic E-state index is 4.88. The normalized spacial score (nSPS) is 30.2. The van der Waals surface area contributed by atoms with Crippen LogP contribution in [0.5, 0.6) is 0 Å². The Hall–Kier alpha value is -1.00. The van der Waals surface area contributed by atoms with Gasteiger partial charge in [-0.25, -0.2) is 0 Å². The lowest BCUT2D eigenvalue weighted by Gasteiger charge is -2.35. The average molecular weight is 303 g/mol. The van der Waals surface area contributed by atoms with Gasteiger partial charge in [0.2, 0.25) is 0 Å². The summed E-state index contributed by atoms with van der Waals surface area (Å²) in [5.74, 6) is 1.11. The number of likely N-dealkylation sites (tertiary alicyclic amines) is 1. The van der Waals surface area contributed by atoms with E-state index in [-0.39, 0.29) is 0 Å². The first-order valence-corrected chi connectivity index (χ1v) is 8.90. The van der Waals surface area contributed by atoms with E-state index in [1.165, 1.54) is 24.9 Å². The Balaban J connectivity index is 1.52. The van der Waals surface area contributed by atoms with Crippen molar-refractivity contribution in [2.75, 3.05) is 19.3 Å². The Bertz CT molecular complexity index is 488. The molecule has 3 atom stereocenters. The third-order valence-corrected chi connectivity index (χ3v) is 5.61. The summed E-state index contributed by atoms with van der Waals surface area (Å²) in [6, 6.07) is 12.4. The van der Waals surface area contributed by atoms with Gasteiger partial charge in [0.25, 0.3) is 0 Å². The average Bonchev–Trinajstić information content (AvgIpc) is 2.91. The molecule has 0 amide bonds. The van der Waals surface area contributed by atoms with Crippen LogP contribution >= 0.6 is 11.8 Å². The minimum Gasteiger partial charge on any atom is -0.362 e. The Morgan fingerprint density at radius 3 is 2.90 bits per heavy atom. The number of nitrogens with one attached hydrogen (secondary N) is 1. The fourth-order valence-corrected chi connectivity index (χ4v) is 4.10. The maximum Gasteiger partial charge on any atom is 0.157 e. The molecule has 4 heteroatoms. The van der Waals surface area contributed by atoms with E-state index in [9.17, 15) is 0 Å². The lowest BCUT2D eigenvalue weighted by molar-refractivity contribution is 0.177. The van der Waals surface area contributed by atoms with Crippen molar-refractivity contribution in [3.63, 3.8) is 0 Å². The van der Waals surface area contributed by atoms with Gasteiger partial charge in [-0.1, -0.05) is 42.1 Å². The largest absolute Gasteiger partial charge is 0.362 e. The van der Waals surface area contributed by atoms with E-state index in [0.29, 0.717) is 18.1 Å². The molecule has 3 nitrogen and oxygen atoms in total. The van der Waals surface area contributed by atoms with Gasteiger partial charge in [0.15, 0.2) is 5.17 Å². The zero-order chi connectivity index (χ0) is 14.7. The molecule has 0 radical (unpaired) electrons. The van der Waals surface area contributed by atoms with Gasteiger partial charge in [-0.3, -0.25) is 4.99 Å². The number of benzene rings is 1. The lowest BCUT2D eigenvalue weighted by atomic mass is 9.99. The first-order chi connectivity index (χ1) is 10.2. The number of aliphatic imine (C=N–C) groups is 1. The second-order valence-corrected chi connectivity index (χ2v) is 7.29. The van der Waals surface area contributed by atoms with Crippen molar-refractivity contribution in [1.82, 2.24) is 10.2 Å². The van der Waals surface area contributed by atoms with Crippen molar-refractivity contribution in [2.24, 2.45) is 4.99 Å². The Kier molecular flexibility index (Phi) is 4.86. The molecule has 1 saturated heterocycles. The molecule has 1 fully saturated rings. The summed E-state index contributed by atoms with van der Waals surface area (Å²) in [7, 11) is 2.22. The van der Waals surface area contributed by atoms with Gasteiger partial charge in [0, 0.05) is 24.4 Å². The Morgan fingerprint density at radius 1 is 1.33 bits per heavy atom. The van der Waals surface area contributed by atoms with Gasteiger partial charge in [-0.2, -0.15) is 0 Å². The second-order valence-electron chi connectivity index (χ2n) is 6.28. The van der Waals surface area contributed by atoms with Gasteiger partial charge in [-0.05, 0) is 38.8 Å². The van der Waals surface area contributed by atoms with Crippen molar-refractivity contribution in [3.8, 4) is 0 Å². The minimum absolute atomic E-state index is 0.434. The third-order valence-electron chi connectivity index (χ3n) is 4.56. The zero-order valence-electron chi connectivity index (χ0n) is 13.0. The van der Waals surface area contributed by atoms with Crippen LogP contribution in [0.4, 0.5) is 0 Å². The summed E-state index contributed by atoms with van der Waals surface area (Å²) >= 11 is 1.89. The van der Waals surface area contributed by atoms with Gasteiger partial charge < -0.3 is 10.2 Å². The number of hydrogen-bond acceptors (Lipinski definition) is 4. The van der Waals surface area contributed by atoms with Crippen molar-refractivity contribution >= 4 is 16.9 Å². The SMILES string of the molecule is CC1CC(NC2=NC(Cc3ccccc3)CS2)CCN1C. The first-order valence-electron chi connectivity index (χ1n) is 7.92. The summed E-state index contributed by atoms with van der Waals surface area (Å²) in [6.07, 6.45) is 3.51. The molecular formula is C17H25N3S. The van der Waals surface area contributed by atoms with E-state index in [0.717, 1.165) is 17.3 Å². The van der Waals surface area contributed by atoms with Gasteiger partial charge >= 0.3 is 0 Å². The van der Waals surface area contributed by atoms with Crippen LogP contribution < -0.4 is 5.32 Å². The van der Waals surface area contributed by atoms with Crippen molar-refractivity contribution in [1.29, 1.82) is 0 Å². The minimum atomic E-state index is 0.434. The van der Waals surface area contributed by atoms with E-state index in [1.807, 2.05) is 11.8 Å². The molecule has 0 aromatic heterocycles. The summed E-state index contributed by atoms with van der Waals surface area (Å²) in [5, 5.41) is 4.84. The number of nitrogens with zero attached hydrogens (tertiary/aromatic N) is 2. The van der Waals surface area contributed by atoms with Crippen LogP contribution in [0.3, 0.4) is 0 Å². The standard InChI is InChI=1S/C17H25N3S/c1-13-10-15(8-9-20(13)2)18-17-19-16(12-21-17)11-14-6-4-3-5-7-14/h3-7,13,15-16H,8-12H2,1-2H3,(H,18,19). The van der Waals surface area contributed by atoms with Crippen molar-refractivity contribution in [2.45, 2.75) is 44.3 Å². The molecule has 114 valence electrons. The predicted molar refractivity (Wildman–Crippen MR) is 92.1 cm³/mol. The topological polar surface area (TPSA) is 27.6 Å². The van der Waals surface area contributed by atoms with E-state index in [1.54, 1.807) is 0 Å². The monoisotopic (exact) mass is 303 g/mol. The summed E-state index contributed by atoms with van der Waals surface area (Å²) in [5.41, 5.74) is 1.39. The van der Waals surface area contributed by atoms with Crippen molar-refractivity contribution in [3.05, 3.63) is 35.9 Å². The first kappa shape index (κ1) is 14.9. The number of hydrogen-bond donors (Lipinski definition) is 1. The molecule has 1 N–H and O–H groups in total. The lowest BCUT2D eigenvalue weighted by Crippen LogP contribution is -2.46. The molecule has 3 unspecified atom stereocenters. The summed E-state index contributed by atoms with van der Waals surface area (Å²) in [4.78, 5) is 7.32. The van der Waals surface area contributed by atoms with Crippen LogP contribution in [-0.2, 0) is 6.42 Å². The van der Waals surface area contributed by atoms with Gasteiger partial charge in [0.05, 0.1) is 6.04 Å². The van der Waals surface area contributed by atoms with Gasteiger partial charge in [-0.15, -0.1) is 0 Å². The molecule has 2 aliphatic heterocycles. The molecule has 1 aromatic carbocycles. The van der Waals surface area contributed by atoms with Crippen molar-refractivity contribution < 1.29 is 0 Å². The van der Waals surface area contributed by atoms with Crippen LogP contribution in [0, 0.1) is 0 Å². The fourth-order valence-electron chi connectivity index (χ4n) is 3.08. The summed E-state index contributed by atoms with van der Waals surface area (Å²) < 4.78 is 0. The highest BCUT2D eigenvalue weighted by Gasteiger charge is 2.25. The van der Waals surface area contributed by atoms with Gasteiger partial charge in [0.1, 0.15) is 0 Å². The molecule has 0 bridgehead atoms. The molecule has 0 aliphatic carbocycles. The highest BCUT2D eigenvalue weighted by atomic mass is 32.2. The van der Waals surface area contributed by atoms with Crippen LogP contribution in [0.15, 0.2) is 35.3 Å². The Labute approximate surface area is 132 Å². The third kappa shape index (κ3) is 4.01. The van der Waals surface area contributed by atoms with E-state index in [4.69, 9.17) is 4.99 Å². The zero-order valence-corrected chi connectivity index (χ0v) is 13.8. The number of thioether (sulfide) groups is 1. The quantitative estimate of drug-likeness (QED) is 0.930. The second kappa shape index (κ2) is 6.84. The smallest absolute Gasteiger partial charge is 0.157 e. The van der Waals surface area contributed by atoms with Crippen LogP contribution in [-0.4, -0.2) is 47.5 Å².